The van der Waals surface area contributed by atoms with Gasteiger partial charge in [-0.3, -0.25) is 4.79 Å². The van der Waals surface area contributed by atoms with Crippen molar-refractivity contribution in [2.75, 3.05) is 6.54 Å². The molecule has 0 aromatic carbocycles. The third-order valence-electron chi connectivity index (χ3n) is 3.12. The lowest BCUT2D eigenvalue weighted by molar-refractivity contribution is 0.0725. The van der Waals surface area contributed by atoms with Crippen LogP contribution in [0.5, 0.6) is 0 Å². The monoisotopic (exact) mass is 247 g/mol. The van der Waals surface area contributed by atoms with Gasteiger partial charge in [-0.1, -0.05) is 6.07 Å². The van der Waals surface area contributed by atoms with E-state index in [1.165, 1.54) is 11.3 Å². The molecule has 0 spiro atoms. The molecule has 2 aromatic rings. The molecular formula is C13H13NO2S. The Morgan fingerprint density at radius 1 is 1.41 bits per heavy atom. The number of carbonyl (C=O) groups is 1. The maximum atomic E-state index is 12.3. The van der Waals surface area contributed by atoms with Crippen LogP contribution in [0.15, 0.2) is 40.3 Å². The molecular weight excluding hydrogens is 234 g/mol. The molecule has 1 amide bonds. The highest BCUT2D eigenvalue weighted by Crippen LogP contribution is 2.33. The number of likely N-dealkylation sites (tertiary alicyclic amines) is 1. The van der Waals surface area contributed by atoms with Gasteiger partial charge in [0.25, 0.3) is 5.91 Å². The second-order valence-corrected chi connectivity index (χ2v) is 5.10. The molecule has 1 atom stereocenters. The quantitative estimate of drug-likeness (QED) is 0.815. The molecule has 0 bridgehead atoms. The van der Waals surface area contributed by atoms with Crippen molar-refractivity contribution >= 4 is 17.2 Å². The standard InChI is InChI=1S/C13H13NO2S/c15-13(12-6-3-9-17-12)14-7-1-4-10(14)11-5-2-8-16-11/h2-3,5-6,8-10H,1,4,7H2/t10-/m0/s1. The third kappa shape index (κ3) is 1.89. The summed E-state index contributed by atoms with van der Waals surface area (Å²) in [4.78, 5) is 15.0. The fourth-order valence-corrected chi connectivity index (χ4v) is 3.01. The van der Waals surface area contributed by atoms with Crippen molar-refractivity contribution in [1.82, 2.24) is 4.90 Å². The predicted octanol–water partition coefficient (Wildman–Crippen LogP) is 3.32. The van der Waals surface area contributed by atoms with Crippen LogP contribution in [0.4, 0.5) is 0 Å². The van der Waals surface area contributed by atoms with Gasteiger partial charge >= 0.3 is 0 Å². The molecule has 0 radical (unpaired) electrons. The lowest BCUT2D eigenvalue weighted by Gasteiger charge is -2.22. The van der Waals surface area contributed by atoms with Crippen LogP contribution in [0, 0.1) is 0 Å². The maximum Gasteiger partial charge on any atom is 0.264 e. The summed E-state index contributed by atoms with van der Waals surface area (Å²) in [7, 11) is 0. The highest BCUT2D eigenvalue weighted by molar-refractivity contribution is 7.12. The first kappa shape index (κ1) is 10.6. The summed E-state index contributed by atoms with van der Waals surface area (Å²) in [6, 6.07) is 7.73. The first-order valence-electron chi connectivity index (χ1n) is 5.74. The highest BCUT2D eigenvalue weighted by atomic mass is 32.1. The van der Waals surface area contributed by atoms with E-state index < -0.39 is 0 Å². The summed E-state index contributed by atoms with van der Waals surface area (Å²) in [5.74, 6) is 1.02. The van der Waals surface area contributed by atoms with Gasteiger partial charge in [-0.05, 0) is 36.4 Å². The van der Waals surface area contributed by atoms with E-state index in [2.05, 4.69) is 0 Å². The Balaban J connectivity index is 1.85. The van der Waals surface area contributed by atoms with Crippen LogP contribution in [-0.2, 0) is 0 Å². The summed E-state index contributed by atoms with van der Waals surface area (Å²) < 4.78 is 5.42. The van der Waals surface area contributed by atoms with Crippen LogP contribution in [-0.4, -0.2) is 17.4 Å². The van der Waals surface area contributed by atoms with Crippen molar-refractivity contribution in [2.45, 2.75) is 18.9 Å². The molecule has 1 aliphatic rings. The van der Waals surface area contributed by atoms with Gasteiger partial charge in [0, 0.05) is 6.54 Å². The van der Waals surface area contributed by atoms with Crippen LogP contribution in [0.1, 0.15) is 34.3 Å². The Labute approximate surface area is 104 Å². The van der Waals surface area contributed by atoms with Gasteiger partial charge in [0.15, 0.2) is 0 Å². The first-order valence-corrected chi connectivity index (χ1v) is 6.62. The Bertz CT molecular complexity index is 489. The zero-order valence-electron chi connectivity index (χ0n) is 9.33. The maximum absolute atomic E-state index is 12.3. The normalized spacial score (nSPS) is 19.8. The van der Waals surface area contributed by atoms with Gasteiger partial charge in [0.2, 0.25) is 0 Å². The smallest absolute Gasteiger partial charge is 0.264 e. The van der Waals surface area contributed by atoms with Crippen LogP contribution < -0.4 is 0 Å². The predicted molar refractivity (Wildman–Crippen MR) is 66.0 cm³/mol. The molecule has 88 valence electrons. The summed E-state index contributed by atoms with van der Waals surface area (Å²) in [6.45, 7) is 0.822. The lowest BCUT2D eigenvalue weighted by Crippen LogP contribution is -2.29. The number of hydrogen-bond acceptors (Lipinski definition) is 3. The molecule has 1 aliphatic heterocycles. The van der Waals surface area contributed by atoms with E-state index in [1.54, 1.807) is 6.26 Å². The van der Waals surface area contributed by atoms with E-state index in [0.29, 0.717) is 0 Å². The van der Waals surface area contributed by atoms with E-state index in [4.69, 9.17) is 4.42 Å². The molecule has 1 saturated heterocycles. The molecule has 3 nitrogen and oxygen atoms in total. The van der Waals surface area contributed by atoms with E-state index in [0.717, 1.165) is 30.0 Å². The van der Waals surface area contributed by atoms with Crippen molar-refractivity contribution in [2.24, 2.45) is 0 Å². The first-order chi connectivity index (χ1) is 8.36. The largest absolute Gasteiger partial charge is 0.467 e. The molecule has 0 aliphatic carbocycles. The number of amides is 1. The number of thiophene rings is 1. The second-order valence-electron chi connectivity index (χ2n) is 4.15. The van der Waals surface area contributed by atoms with Crippen LogP contribution in [0.25, 0.3) is 0 Å². The number of rotatable bonds is 2. The second kappa shape index (κ2) is 4.37. The number of carbonyl (C=O) groups excluding carboxylic acids is 1. The van der Waals surface area contributed by atoms with E-state index in [9.17, 15) is 4.79 Å². The van der Waals surface area contributed by atoms with Crippen molar-refractivity contribution in [3.05, 3.63) is 46.5 Å². The minimum absolute atomic E-state index is 0.111. The van der Waals surface area contributed by atoms with Gasteiger partial charge in [0.1, 0.15) is 5.76 Å². The number of hydrogen-bond donors (Lipinski definition) is 0. The molecule has 1 fully saturated rings. The fourth-order valence-electron chi connectivity index (χ4n) is 2.33. The number of furan rings is 1. The van der Waals surface area contributed by atoms with Gasteiger partial charge in [-0.25, -0.2) is 0 Å². The van der Waals surface area contributed by atoms with E-state index >= 15 is 0 Å². The Hall–Kier alpha value is -1.55. The van der Waals surface area contributed by atoms with Gasteiger partial charge in [-0.15, -0.1) is 11.3 Å². The molecule has 3 heterocycles. The Morgan fingerprint density at radius 3 is 3.06 bits per heavy atom. The minimum atomic E-state index is 0.111. The summed E-state index contributed by atoms with van der Waals surface area (Å²) in [5, 5.41) is 1.94. The zero-order valence-corrected chi connectivity index (χ0v) is 10.2. The molecule has 0 saturated carbocycles. The fraction of sp³-hybridized carbons (Fsp3) is 0.308. The summed E-state index contributed by atoms with van der Waals surface area (Å²) >= 11 is 1.50. The van der Waals surface area contributed by atoms with Crippen molar-refractivity contribution in [1.29, 1.82) is 0 Å². The van der Waals surface area contributed by atoms with Crippen molar-refractivity contribution in [3.63, 3.8) is 0 Å². The summed E-state index contributed by atoms with van der Waals surface area (Å²) in [5.41, 5.74) is 0. The lowest BCUT2D eigenvalue weighted by atomic mass is 10.1. The van der Waals surface area contributed by atoms with E-state index in [1.807, 2.05) is 34.5 Å². The average Bonchev–Trinajstić information content (AvgIpc) is 3.09. The SMILES string of the molecule is O=C(c1cccs1)N1CCC[C@H]1c1ccco1. The Kier molecular flexibility index (Phi) is 2.73. The zero-order chi connectivity index (χ0) is 11.7. The van der Waals surface area contributed by atoms with Crippen molar-refractivity contribution < 1.29 is 9.21 Å². The van der Waals surface area contributed by atoms with Gasteiger partial charge in [-0.2, -0.15) is 0 Å². The molecule has 0 N–H and O–H groups in total. The topological polar surface area (TPSA) is 33.5 Å². The highest BCUT2D eigenvalue weighted by Gasteiger charge is 2.32. The van der Waals surface area contributed by atoms with Crippen LogP contribution in [0.2, 0.25) is 0 Å². The minimum Gasteiger partial charge on any atom is -0.467 e. The average molecular weight is 247 g/mol. The summed E-state index contributed by atoms with van der Waals surface area (Å²) in [6.07, 6.45) is 3.70. The Morgan fingerprint density at radius 2 is 2.35 bits per heavy atom. The molecule has 0 unspecified atom stereocenters. The third-order valence-corrected chi connectivity index (χ3v) is 3.98. The van der Waals surface area contributed by atoms with E-state index in [-0.39, 0.29) is 11.9 Å². The molecule has 2 aromatic heterocycles. The molecule has 3 rings (SSSR count). The molecule has 4 heteroatoms. The van der Waals surface area contributed by atoms with Crippen molar-refractivity contribution in [3.8, 4) is 0 Å². The van der Waals surface area contributed by atoms with Crippen LogP contribution in [0.3, 0.4) is 0 Å². The van der Waals surface area contributed by atoms with Gasteiger partial charge in [0.05, 0.1) is 17.2 Å². The molecule has 17 heavy (non-hydrogen) atoms. The van der Waals surface area contributed by atoms with Crippen LogP contribution >= 0.6 is 11.3 Å². The van der Waals surface area contributed by atoms with Gasteiger partial charge < -0.3 is 9.32 Å². The number of nitrogens with zero attached hydrogens (tertiary/aromatic N) is 1.